The first kappa shape index (κ1) is 13.8. The Labute approximate surface area is 123 Å². The first-order chi connectivity index (χ1) is 8.59. The molecule has 2 atom stereocenters. The largest absolute Gasteiger partial charge is 0.206 e. The van der Waals surface area contributed by atoms with Crippen LogP contribution in [0.1, 0.15) is 28.8 Å². The van der Waals surface area contributed by atoms with E-state index in [9.17, 15) is 4.39 Å². The molecule has 0 nitrogen and oxygen atoms in total. The summed E-state index contributed by atoms with van der Waals surface area (Å²) in [5, 5.41) is 0. The molecule has 2 aromatic carbocycles. The Bertz CT molecular complexity index is 525. The molecule has 2 rings (SSSR count). The maximum absolute atomic E-state index is 13.2. The first-order valence-corrected chi connectivity index (χ1v) is 7.44. The van der Waals surface area contributed by atoms with Gasteiger partial charge in [0.1, 0.15) is 5.82 Å². The van der Waals surface area contributed by atoms with Crippen LogP contribution in [0, 0.1) is 5.82 Å². The summed E-state index contributed by atoms with van der Waals surface area (Å²) in [6, 6.07) is 15.4. The van der Waals surface area contributed by atoms with Gasteiger partial charge in [-0.05, 0) is 45.1 Å². The summed E-state index contributed by atoms with van der Waals surface area (Å²) < 4.78 is 13.7. The number of alkyl halides is 1. The van der Waals surface area contributed by atoms with Crippen LogP contribution in [0.25, 0.3) is 0 Å². The molecule has 0 fully saturated rings. The van der Waals surface area contributed by atoms with Gasteiger partial charge in [0.2, 0.25) is 0 Å². The average molecular weight is 372 g/mol. The van der Waals surface area contributed by atoms with Gasteiger partial charge in [-0.2, -0.15) is 0 Å². The summed E-state index contributed by atoms with van der Waals surface area (Å²) in [6.07, 6.45) is 0. The molecular weight excluding hydrogens is 359 g/mol. The number of hydrogen-bond acceptors (Lipinski definition) is 0. The van der Waals surface area contributed by atoms with Crippen molar-refractivity contribution < 1.29 is 4.39 Å². The van der Waals surface area contributed by atoms with Crippen LogP contribution in [-0.4, -0.2) is 0 Å². The van der Waals surface area contributed by atoms with Crippen molar-refractivity contribution in [2.45, 2.75) is 17.7 Å². The van der Waals surface area contributed by atoms with E-state index in [4.69, 9.17) is 0 Å². The lowest BCUT2D eigenvalue weighted by molar-refractivity contribution is 0.619. The lowest BCUT2D eigenvalue weighted by Crippen LogP contribution is -2.02. The van der Waals surface area contributed by atoms with E-state index in [2.05, 4.69) is 50.9 Å². The molecule has 0 aromatic heterocycles. The minimum absolute atomic E-state index is 0.164. The van der Waals surface area contributed by atoms with Gasteiger partial charge < -0.3 is 0 Å². The fraction of sp³-hybridized carbons (Fsp3) is 0.200. The summed E-state index contributed by atoms with van der Waals surface area (Å²) in [4.78, 5) is 0.164. The minimum Gasteiger partial charge on any atom is -0.206 e. The molecule has 0 radical (unpaired) electrons. The number of benzene rings is 2. The zero-order valence-corrected chi connectivity index (χ0v) is 13.1. The van der Waals surface area contributed by atoms with Crippen molar-refractivity contribution in [3.8, 4) is 0 Å². The van der Waals surface area contributed by atoms with E-state index < -0.39 is 0 Å². The predicted molar refractivity (Wildman–Crippen MR) is 80.6 cm³/mol. The molecule has 2 aromatic rings. The highest BCUT2D eigenvalue weighted by molar-refractivity contribution is 9.10. The van der Waals surface area contributed by atoms with Gasteiger partial charge in [-0.15, -0.1) is 0 Å². The van der Waals surface area contributed by atoms with Gasteiger partial charge in [-0.3, -0.25) is 0 Å². The highest BCUT2D eigenvalue weighted by Crippen LogP contribution is 2.38. The molecule has 0 heterocycles. The second kappa shape index (κ2) is 5.98. The van der Waals surface area contributed by atoms with Crippen LogP contribution in [0.15, 0.2) is 53.0 Å². The second-order valence-electron chi connectivity index (χ2n) is 4.27. The minimum atomic E-state index is -0.231. The maximum Gasteiger partial charge on any atom is 0.137 e. The summed E-state index contributed by atoms with van der Waals surface area (Å²) >= 11 is 6.93. The van der Waals surface area contributed by atoms with Gasteiger partial charge in [0, 0.05) is 4.83 Å². The van der Waals surface area contributed by atoms with Crippen LogP contribution >= 0.6 is 31.9 Å². The first-order valence-electron chi connectivity index (χ1n) is 5.73. The van der Waals surface area contributed by atoms with E-state index in [0.717, 1.165) is 5.56 Å². The smallest absolute Gasteiger partial charge is 0.137 e. The molecule has 0 aliphatic heterocycles. The SMILES string of the molecule is CC(c1ccccc1)C(Br)c1ccc(F)c(Br)c1. The summed E-state index contributed by atoms with van der Waals surface area (Å²) in [5.74, 6) is 0.0920. The van der Waals surface area contributed by atoms with Gasteiger partial charge in [-0.25, -0.2) is 4.39 Å². The van der Waals surface area contributed by atoms with Crippen molar-refractivity contribution >= 4 is 31.9 Å². The third-order valence-electron chi connectivity index (χ3n) is 3.03. The molecule has 0 bridgehead atoms. The number of halogens is 3. The fourth-order valence-corrected chi connectivity index (χ4v) is 2.88. The van der Waals surface area contributed by atoms with Crippen LogP contribution in [-0.2, 0) is 0 Å². The van der Waals surface area contributed by atoms with Crippen molar-refractivity contribution in [2.75, 3.05) is 0 Å². The van der Waals surface area contributed by atoms with Gasteiger partial charge in [0.25, 0.3) is 0 Å². The molecule has 0 saturated heterocycles. The van der Waals surface area contributed by atoms with Crippen molar-refractivity contribution in [1.29, 1.82) is 0 Å². The highest BCUT2D eigenvalue weighted by Gasteiger charge is 2.18. The second-order valence-corrected chi connectivity index (χ2v) is 6.12. The Morgan fingerprint density at radius 1 is 1.00 bits per heavy atom. The topological polar surface area (TPSA) is 0 Å². The number of rotatable bonds is 3. The molecule has 0 aliphatic carbocycles. The van der Waals surface area contributed by atoms with Crippen LogP contribution in [0.3, 0.4) is 0 Å². The van der Waals surface area contributed by atoms with Crippen molar-refractivity contribution in [2.24, 2.45) is 0 Å². The third kappa shape index (κ3) is 3.01. The van der Waals surface area contributed by atoms with E-state index in [1.807, 2.05) is 30.3 Å². The highest BCUT2D eigenvalue weighted by atomic mass is 79.9. The van der Waals surface area contributed by atoms with Crippen molar-refractivity contribution in [3.05, 3.63) is 69.9 Å². The molecule has 0 saturated carbocycles. The van der Waals surface area contributed by atoms with E-state index >= 15 is 0 Å². The van der Waals surface area contributed by atoms with Crippen molar-refractivity contribution in [1.82, 2.24) is 0 Å². The Hall–Kier alpha value is -0.670. The molecule has 0 amide bonds. The predicted octanol–water partition coefficient (Wildman–Crippen LogP) is 5.83. The Morgan fingerprint density at radius 2 is 1.67 bits per heavy atom. The molecule has 0 spiro atoms. The standard InChI is InChI=1S/C15H13Br2F/c1-10(11-5-3-2-4-6-11)15(17)12-7-8-14(18)13(16)9-12/h2-10,15H,1H3. The molecule has 18 heavy (non-hydrogen) atoms. The summed E-state index contributed by atoms with van der Waals surface area (Å²) in [7, 11) is 0. The summed E-state index contributed by atoms with van der Waals surface area (Å²) in [6.45, 7) is 2.16. The average Bonchev–Trinajstić information content (AvgIpc) is 2.41. The third-order valence-corrected chi connectivity index (χ3v) is 4.96. The molecule has 2 unspecified atom stereocenters. The van der Waals surface area contributed by atoms with Gasteiger partial charge in [-0.1, -0.05) is 59.3 Å². The molecule has 3 heteroatoms. The van der Waals surface area contributed by atoms with Crippen LogP contribution in [0.2, 0.25) is 0 Å². The van der Waals surface area contributed by atoms with Gasteiger partial charge in [0.05, 0.1) is 4.47 Å². The van der Waals surface area contributed by atoms with Gasteiger partial charge >= 0.3 is 0 Å². The van der Waals surface area contributed by atoms with Crippen LogP contribution in [0.4, 0.5) is 4.39 Å². The monoisotopic (exact) mass is 370 g/mol. The zero-order valence-electron chi connectivity index (χ0n) is 9.91. The molecular formula is C15H13Br2F. The van der Waals surface area contributed by atoms with Crippen LogP contribution < -0.4 is 0 Å². The van der Waals surface area contributed by atoms with E-state index in [-0.39, 0.29) is 10.6 Å². The lowest BCUT2D eigenvalue weighted by atomic mass is 9.94. The maximum atomic E-state index is 13.2. The number of hydrogen-bond donors (Lipinski definition) is 0. The summed E-state index contributed by atoms with van der Waals surface area (Å²) in [5.41, 5.74) is 2.33. The quantitative estimate of drug-likeness (QED) is 0.595. The van der Waals surface area contributed by atoms with Crippen molar-refractivity contribution in [3.63, 3.8) is 0 Å². The van der Waals surface area contributed by atoms with E-state index in [1.54, 1.807) is 0 Å². The van der Waals surface area contributed by atoms with E-state index in [0.29, 0.717) is 10.4 Å². The fourth-order valence-electron chi connectivity index (χ4n) is 1.90. The molecule has 0 aliphatic rings. The lowest BCUT2D eigenvalue weighted by Gasteiger charge is -2.19. The van der Waals surface area contributed by atoms with Gasteiger partial charge in [0.15, 0.2) is 0 Å². The zero-order chi connectivity index (χ0) is 13.1. The Kier molecular flexibility index (Phi) is 4.57. The van der Waals surface area contributed by atoms with Crippen LogP contribution in [0.5, 0.6) is 0 Å². The van der Waals surface area contributed by atoms with E-state index in [1.165, 1.54) is 11.6 Å². The molecule has 94 valence electrons. The Morgan fingerprint density at radius 3 is 2.28 bits per heavy atom. The Balaban J connectivity index is 2.25. The molecule has 0 N–H and O–H groups in total. The normalized spacial score (nSPS) is 14.2.